The van der Waals surface area contributed by atoms with E-state index < -0.39 is 0 Å². The zero-order valence-electron chi connectivity index (χ0n) is 17.6. The number of benzene rings is 2. The predicted molar refractivity (Wildman–Crippen MR) is 123 cm³/mol. The summed E-state index contributed by atoms with van der Waals surface area (Å²) in [6.07, 6.45) is 6.23. The molecule has 2 heterocycles. The Hall–Kier alpha value is -1.97. The Labute approximate surface area is 183 Å². The first-order valence-corrected chi connectivity index (χ1v) is 11.7. The first-order valence-electron chi connectivity index (χ1n) is 11.3. The van der Waals surface area contributed by atoms with Gasteiger partial charge in [0.15, 0.2) is 0 Å². The maximum Gasteiger partial charge on any atom is 0.119 e. The van der Waals surface area contributed by atoms with Gasteiger partial charge in [-0.05, 0) is 79.8 Å². The Morgan fingerprint density at radius 2 is 2.07 bits per heavy atom. The number of nitrogens with zero attached hydrogens (tertiary/aromatic N) is 1. The van der Waals surface area contributed by atoms with E-state index >= 15 is 0 Å². The van der Waals surface area contributed by atoms with Crippen LogP contribution in [0.3, 0.4) is 0 Å². The van der Waals surface area contributed by atoms with Gasteiger partial charge < -0.3 is 14.6 Å². The zero-order valence-corrected chi connectivity index (χ0v) is 18.3. The summed E-state index contributed by atoms with van der Waals surface area (Å²) >= 11 is 6.55. The third-order valence-corrected chi connectivity index (χ3v) is 8.23. The first-order chi connectivity index (χ1) is 14.7. The molecule has 0 radical (unpaired) electrons. The molecule has 30 heavy (non-hydrogen) atoms. The molecule has 6 rings (SSSR count). The summed E-state index contributed by atoms with van der Waals surface area (Å²) in [5.74, 6) is 2.52. The lowest BCUT2D eigenvalue weighted by Gasteiger charge is -2.51. The van der Waals surface area contributed by atoms with Crippen LogP contribution < -0.4 is 4.74 Å². The van der Waals surface area contributed by atoms with Gasteiger partial charge in [0.05, 0.1) is 17.6 Å². The first kappa shape index (κ1) is 18.8. The van der Waals surface area contributed by atoms with Gasteiger partial charge in [-0.25, -0.2) is 0 Å². The standard InChI is InChI=1S/C26H29ClN2O/c1-30-20-5-2-4-18(12-20)26-10-11-29(15-17-8-9-17)16-19(26)13-22-21-6-3-7-23(27)25(21)28-24(22)14-26/h2-7,12,17,19,28H,8-11,13-16H2,1H3/t19?,26-/m1/s1. The van der Waals surface area contributed by atoms with Crippen LogP contribution in [-0.2, 0) is 18.3 Å². The van der Waals surface area contributed by atoms with Gasteiger partial charge in [0.1, 0.15) is 5.75 Å². The number of fused-ring (bicyclic) bond motifs is 4. The fourth-order valence-corrected chi connectivity index (χ4v) is 6.34. The smallest absolute Gasteiger partial charge is 0.119 e. The summed E-state index contributed by atoms with van der Waals surface area (Å²) in [5.41, 5.74) is 5.58. The SMILES string of the molecule is COc1cccc([C@]23CCN(CC4CC4)CC2Cc2c([nH]c4c(Cl)cccc24)C3)c1. The Balaban J connectivity index is 1.45. The molecule has 3 nitrogen and oxygen atoms in total. The number of hydrogen-bond acceptors (Lipinski definition) is 2. The van der Waals surface area contributed by atoms with Crippen molar-refractivity contribution >= 4 is 22.5 Å². The van der Waals surface area contributed by atoms with Crippen LogP contribution in [0, 0.1) is 11.8 Å². The molecule has 1 aromatic heterocycles. The molecule has 0 bridgehead atoms. The molecule has 3 aliphatic rings. The predicted octanol–water partition coefficient (Wildman–Crippen LogP) is 5.60. The number of hydrogen-bond donors (Lipinski definition) is 1. The maximum absolute atomic E-state index is 6.55. The van der Waals surface area contributed by atoms with Gasteiger partial charge in [0.25, 0.3) is 0 Å². The highest BCUT2D eigenvalue weighted by Gasteiger charge is 2.48. The van der Waals surface area contributed by atoms with Gasteiger partial charge in [-0.2, -0.15) is 0 Å². The molecule has 1 saturated heterocycles. The molecule has 1 saturated carbocycles. The number of likely N-dealkylation sites (tertiary alicyclic amines) is 1. The number of aromatic amines is 1. The Bertz CT molecular complexity index is 1100. The molecule has 1 aliphatic heterocycles. The van der Waals surface area contributed by atoms with Crippen LogP contribution in [0.1, 0.15) is 36.1 Å². The topological polar surface area (TPSA) is 28.3 Å². The number of ether oxygens (including phenoxy) is 1. The minimum atomic E-state index is 0.162. The van der Waals surface area contributed by atoms with Gasteiger partial charge in [-0.15, -0.1) is 0 Å². The summed E-state index contributed by atoms with van der Waals surface area (Å²) < 4.78 is 5.60. The average Bonchev–Trinajstić information content (AvgIpc) is 3.51. The molecule has 2 aromatic carbocycles. The van der Waals surface area contributed by atoms with Gasteiger partial charge in [-0.3, -0.25) is 0 Å². The van der Waals surface area contributed by atoms with Crippen molar-refractivity contribution in [1.82, 2.24) is 9.88 Å². The van der Waals surface area contributed by atoms with Crippen LogP contribution >= 0.6 is 11.6 Å². The molecule has 156 valence electrons. The highest BCUT2D eigenvalue weighted by molar-refractivity contribution is 6.35. The summed E-state index contributed by atoms with van der Waals surface area (Å²) in [5, 5.41) is 2.15. The quantitative estimate of drug-likeness (QED) is 0.595. The minimum absolute atomic E-state index is 0.162. The van der Waals surface area contributed by atoms with Gasteiger partial charge in [-0.1, -0.05) is 35.9 Å². The van der Waals surface area contributed by atoms with E-state index in [2.05, 4.69) is 46.3 Å². The van der Waals surface area contributed by atoms with Crippen molar-refractivity contribution in [2.24, 2.45) is 11.8 Å². The average molecular weight is 421 g/mol. The number of aromatic nitrogens is 1. The molecule has 0 amide bonds. The van der Waals surface area contributed by atoms with E-state index in [0.29, 0.717) is 5.92 Å². The minimum Gasteiger partial charge on any atom is -0.497 e. The van der Waals surface area contributed by atoms with Crippen molar-refractivity contribution in [3.05, 3.63) is 64.3 Å². The van der Waals surface area contributed by atoms with E-state index in [-0.39, 0.29) is 5.41 Å². The fourth-order valence-electron chi connectivity index (χ4n) is 6.12. The molecule has 2 fully saturated rings. The molecule has 1 unspecified atom stereocenters. The largest absolute Gasteiger partial charge is 0.497 e. The monoisotopic (exact) mass is 420 g/mol. The molecule has 2 aliphatic carbocycles. The molecule has 3 aromatic rings. The third-order valence-electron chi connectivity index (χ3n) is 7.91. The number of H-pyrrole nitrogens is 1. The Morgan fingerprint density at radius 3 is 2.90 bits per heavy atom. The number of nitrogens with one attached hydrogen (secondary N) is 1. The number of halogens is 1. The second kappa shape index (κ2) is 7.03. The van der Waals surface area contributed by atoms with Crippen LogP contribution in [0.2, 0.25) is 5.02 Å². The lowest BCUT2D eigenvalue weighted by Crippen LogP contribution is -2.54. The van der Waals surface area contributed by atoms with Crippen molar-refractivity contribution in [3.8, 4) is 5.75 Å². The highest BCUT2D eigenvalue weighted by Crippen LogP contribution is 2.50. The van der Waals surface area contributed by atoms with Gasteiger partial charge >= 0.3 is 0 Å². The van der Waals surface area contributed by atoms with Crippen molar-refractivity contribution < 1.29 is 4.74 Å². The van der Waals surface area contributed by atoms with Crippen molar-refractivity contribution in [1.29, 1.82) is 0 Å². The van der Waals surface area contributed by atoms with Crippen LogP contribution in [-0.4, -0.2) is 36.6 Å². The third kappa shape index (κ3) is 2.98. The zero-order chi connectivity index (χ0) is 20.3. The number of para-hydroxylation sites is 1. The fraction of sp³-hybridized carbons (Fsp3) is 0.462. The van der Waals surface area contributed by atoms with Crippen molar-refractivity contribution in [3.63, 3.8) is 0 Å². The van der Waals surface area contributed by atoms with Crippen LogP contribution in [0.4, 0.5) is 0 Å². The Kier molecular flexibility index (Phi) is 4.40. The van der Waals surface area contributed by atoms with Crippen molar-refractivity contribution in [2.45, 2.75) is 37.5 Å². The molecular weight excluding hydrogens is 392 g/mol. The molecule has 0 spiro atoms. The highest BCUT2D eigenvalue weighted by atomic mass is 35.5. The molecule has 2 atom stereocenters. The molecule has 1 N–H and O–H groups in total. The lowest BCUT2D eigenvalue weighted by atomic mass is 9.58. The van der Waals surface area contributed by atoms with Crippen LogP contribution in [0.15, 0.2) is 42.5 Å². The van der Waals surface area contributed by atoms with E-state index in [1.54, 1.807) is 7.11 Å². The summed E-state index contributed by atoms with van der Waals surface area (Å²) in [6.45, 7) is 3.68. The van der Waals surface area contributed by atoms with E-state index in [0.717, 1.165) is 35.0 Å². The molecular formula is C26H29ClN2O. The van der Waals surface area contributed by atoms with E-state index in [9.17, 15) is 0 Å². The number of methoxy groups -OCH3 is 1. The number of rotatable bonds is 4. The summed E-state index contributed by atoms with van der Waals surface area (Å²) in [6, 6.07) is 15.1. The van der Waals surface area contributed by atoms with E-state index in [1.807, 2.05) is 6.07 Å². The maximum atomic E-state index is 6.55. The van der Waals surface area contributed by atoms with E-state index in [4.69, 9.17) is 16.3 Å². The lowest BCUT2D eigenvalue weighted by molar-refractivity contribution is 0.0783. The van der Waals surface area contributed by atoms with E-state index in [1.165, 1.54) is 61.1 Å². The molecule has 4 heteroatoms. The van der Waals surface area contributed by atoms with Gasteiger partial charge in [0, 0.05) is 29.6 Å². The van der Waals surface area contributed by atoms with Crippen molar-refractivity contribution in [2.75, 3.05) is 26.7 Å². The summed E-state index contributed by atoms with van der Waals surface area (Å²) in [7, 11) is 1.77. The van der Waals surface area contributed by atoms with Gasteiger partial charge in [0.2, 0.25) is 0 Å². The normalized spacial score (nSPS) is 26.4. The Morgan fingerprint density at radius 1 is 1.20 bits per heavy atom. The second-order valence-electron chi connectivity index (χ2n) is 9.66. The second-order valence-corrected chi connectivity index (χ2v) is 10.1. The van der Waals surface area contributed by atoms with Crippen LogP contribution in [0.25, 0.3) is 10.9 Å². The van der Waals surface area contributed by atoms with Crippen LogP contribution in [0.5, 0.6) is 5.75 Å². The number of piperidine rings is 1. The summed E-state index contributed by atoms with van der Waals surface area (Å²) in [4.78, 5) is 6.46.